The van der Waals surface area contributed by atoms with Gasteiger partial charge in [0, 0.05) is 31.6 Å². The van der Waals surface area contributed by atoms with Crippen LogP contribution in [0.2, 0.25) is 0 Å². The Kier molecular flexibility index (Phi) is 7.10. The Bertz CT molecular complexity index is 1500. The van der Waals surface area contributed by atoms with Gasteiger partial charge in [-0.2, -0.15) is 4.31 Å². The van der Waals surface area contributed by atoms with Gasteiger partial charge in [-0.25, -0.2) is 18.4 Å². The summed E-state index contributed by atoms with van der Waals surface area (Å²) in [6.07, 6.45) is 0. The maximum absolute atomic E-state index is 13.1. The van der Waals surface area contributed by atoms with E-state index in [1.165, 1.54) is 0 Å². The first-order chi connectivity index (χ1) is 17.9. The molecule has 0 aliphatic carbocycles. The first kappa shape index (κ1) is 25.1. The predicted octanol–water partition coefficient (Wildman–Crippen LogP) is 4.76. The van der Waals surface area contributed by atoms with Crippen molar-refractivity contribution < 1.29 is 13.2 Å². The molecule has 192 valence electrons. The maximum Gasteiger partial charge on any atom is 0.243 e. The van der Waals surface area contributed by atoms with Crippen molar-refractivity contribution in [2.45, 2.75) is 24.8 Å². The molecule has 0 unspecified atom stereocenters. The summed E-state index contributed by atoms with van der Waals surface area (Å²) < 4.78 is 33.3. The molecule has 1 aromatic heterocycles. The second kappa shape index (κ2) is 10.5. The second-order valence-corrected chi connectivity index (χ2v) is 11.1. The van der Waals surface area contributed by atoms with Gasteiger partial charge in [0.25, 0.3) is 0 Å². The molecular weight excluding hydrogens is 486 g/mol. The van der Waals surface area contributed by atoms with Crippen molar-refractivity contribution >= 4 is 32.4 Å². The number of ether oxygens (including phenoxy) is 1. The molecule has 1 N–H and O–H groups in total. The summed E-state index contributed by atoms with van der Waals surface area (Å²) in [5, 5.41) is 4.35. The molecule has 1 aliphatic heterocycles. The first-order valence-corrected chi connectivity index (χ1v) is 13.8. The van der Waals surface area contributed by atoms with E-state index in [4.69, 9.17) is 14.7 Å². The van der Waals surface area contributed by atoms with Gasteiger partial charge in [0.1, 0.15) is 17.4 Å². The third-order valence-electron chi connectivity index (χ3n) is 6.83. The summed E-state index contributed by atoms with van der Waals surface area (Å²) in [5.74, 6) is 2.12. The molecule has 1 fully saturated rings. The van der Waals surface area contributed by atoms with Crippen molar-refractivity contribution in [3.63, 3.8) is 0 Å². The highest BCUT2D eigenvalue weighted by molar-refractivity contribution is 7.89. The van der Waals surface area contributed by atoms with Crippen molar-refractivity contribution in [3.05, 3.63) is 84.2 Å². The molecule has 0 amide bonds. The van der Waals surface area contributed by atoms with E-state index in [0.29, 0.717) is 42.7 Å². The lowest BCUT2D eigenvalue weighted by molar-refractivity contribution is 0.141. The Labute approximate surface area is 218 Å². The largest absolute Gasteiger partial charge is 0.495 e. The number of piperazine rings is 1. The highest BCUT2D eigenvalue weighted by Gasteiger charge is 2.31. The van der Waals surface area contributed by atoms with Gasteiger partial charge in [-0.05, 0) is 50.2 Å². The van der Waals surface area contributed by atoms with E-state index in [2.05, 4.69) is 17.1 Å². The number of fused-ring (bicyclic) bond motifs is 1. The quantitative estimate of drug-likeness (QED) is 0.378. The molecule has 4 aromatic rings. The van der Waals surface area contributed by atoms with Crippen LogP contribution in [0, 0.1) is 6.92 Å². The Hall–Kier alpha value is -3.53. The number of sulfonamides is 1. The number of aryl methyl sites for hydroxylation is 1. The van der Waals surface area contributed by atoms with Gasteiger partial charge in [-0.3, -0.25) is 4.90 Å². The molecule has 1 aliphatic rings. The van der Waals surface area contributed by atoms with Crippen LogP contribution in [-0.4, -0.2) is 60.9 Å². The van der Waals surface area contributed by atoms with Crippen LogP contribution in [0.3, 0.4) is 0 Å². The molecule has 3 aromatic carbocycles. The molecule has 1 saturated heterocycles. The lowest BCUT2D eigenvalue weighted by atomic mass is 10.2. The third-order valence-corrected chi connectivity index (χ3v) is 8.75. The topological polar surface area (TPSA) is 87.7 Å². The molecule has 5 rings (SSSR count). The number of para-hydroxylation sites is 3. The highest BCUT2D eigenvalue weighted by atomic mass is 32.2. The van der Waals surface area contributed by atoms with Gasteiger partial charge in [-0.15, -0.1) is 0 Å². The lowest BCUT2D eigenvalue weighted by Crippen LogP contribution is -2.49. The Balaban J connectivity index is 1.37. The van der Waals surface area contributed by atoms with Crippen LogP contribution in [0.1, 0.15) is 24.4 Å². The van der Waals surface area contributed by atoms with Gasteiger partial charge in [0.2, 0.25) is 10.0 Å². The number of rotatable bonds is 7. The minimum Gasteiger partial charge on any atom is -0.495 e. The third kappa shape index (κ3) is 5.16. The molecule has 0 bridgehead atoms. The predicted molar refractivity (Wildman–Crippen MR) is 146 cm³/mol. The van der Waals surface area contributed by atoms with E-state index in [9.17, 15) is 8.42 Å². The average molecular weight is 518 g/mol. The van der Waals surface area contributed by atoms with Crippen LogP contribution in [0.15, 0.2) is 77.7 Å². The fourth-order valence-electron chi connectivity index (χ4n) is 4.61. The van der Waals surface area contributed by atoms with E-state index < -0.39 is 10.0 Å². The van der Waals surface area contributed by atoms with Crippen LogP contribution in [-0.2, 0) is 10.0 Å². The van der Waals surface area contributed by atoms with E-state index in [-0.39, 0.29) is 6.04 Å². The van der Waals surface area contributed by atoms with E-state index >= 15 is 0 Å². The van der Waals surface area contributed by atoms with Crippen molar-refractivity contribution in [2.24, 2.45) is 0 Å². The zero-order chi connectivity index (χ0) is 26.0. The minimum atomic E-state index is -3.52. The zero-order valence-electron chi connectivity index (χ0n) is 21.3. The molecule has 0 spiro atoms. The molecule has 1 atom stereocenters. The fourth-order valence-corrected chi connectivity index (χ4v) is 6.03. The smallest absolute Gasteiger partial charge is 0.243 e. The number of hydrogen-bond donors (Lipinski definition) is 1. The van der Waals surface area contributed by atoms with Gasteiger partial charge in [0.05, 0.1) is 29.3 Å². The number of aromatic nitrogens is 2. The molecule has 0 radical (unpaired) electrons. The Morgan fingerprint density at radius 3 is 2.30 bits per heavy atom. The maximum atomic E-state index is 13.1. The van der Waals surface area contributed by atoms with E-state index in [0.717, 1.165) is 27.9 Å². The number of nitrogens with one attached hydrogen (secondary N) is 1. The van der Waals surface area contributed by atoms with Gasteiger partial charge >= 0.3 is 0 Å². The van der Waals surface area contributed by atoms with E-state index in [1.54, 1.807) is 23.5 Å². The zero-order valence-corrected chi connectivity index (χ0v) is 22.1. The molecular formula is C28H31N5O3S. The molecule has 0 saturated carbocycles. The van der Waals surface area contributed by atoms with E-state index in [1.807, 2.05) is 67.6 Å². The van der Waals surface area contributed by atoms with Gasteiger partial charge < -0.3 is 10.1 Å². The summed E-state index contributed by atoms with van der Waals surface area (Å²) in [4.78, 5) is 12.4. The molecule has 37 heavy (non-hydrogen) atoms. The lowest BCUT2D eigenvalue weighted by Gasteiger charge is -2.36. The van der Waals surface area contributed by atoms with Crippen molar-refractivity contribution in [2.75, 3.05) is 38.6 Å². The number of methoxy groups -OCH3 is 1. The van der Waals surface area contributed by atoms with Crippen LogP contribution < -0.4 is 10.1 Å². The number of benzene rings is 3. The normalized spacial score (nSPS) is 16.0. The SMILES string of the molecule is COc1ccccc1Nc1nc([C@H](C)N2CCN(S(=O)(=O)c3ccc(C)cc3)CC2)nc2ccccc12. The molecule has 2 heterocycles. The van der Waals surface area contributed by atoms with Gasteiger partial charge in [-0.1, -0.05) is 42.0 Å². The molecule has 9 heteroatoms. The van der Waals surface area contributed by atoms with Crippen molar-refractivity contribution in [3.8, 4) is 5.75 Å². The highest BCUT2D eigenvalue weighted by Crippen LogP contribution is 2.31. The second-order valence-electron chi connectivity index (χ2n) is 9.20. The van der Waals surface area contributed by atoms with Gasteiger partial charge in [0.15, 0.2) is 0 Å². The Morgan fingerprint density at radius 2 is 1.57 bits per heavy atom. The Morgan fingerprint density at radius 1 is 0.892 bits per heavy atom. The summed E-state index contributed by atoms with van der Waals surface area (Å²) in [6, 6.07) is 22.6. The average Bonchev–Trinajstić information content (AvgIpc) is 2.93. The van der Waals surface area contributed by atoms with Crippen LogP contribution in [0.25, 0.3) is 10.9 Å². The minimum absolute atomic E-state index is 0.0907. The number of hydrogen-bond acceptors (Lipinski definition) is 7. The monoisotopic (exact) mass is 517 g/mol. The van der Waals surface area contributed by atoms with Crippen molar-refractivity contribution in [1.82, 2.24) is 19.2 Å². The van der Waals surface area contributed by atoms with Crippen LogP contribution in [0.5, 0.6) is 5.75 Å². The number of anilines is 2. The summed E-state index contributed by atoms with van der Waals surface area (Å²) in [7, 11) is -1.87. The number of nitrogens with zero attached hydrogens (tertiary/aromatic N) is 4. The summed E-state index contributed by atoms with van der Waals surface area (Å²) >= 11 is 0. The molecule has 8 nitrogen and oxygen atoms in total. The van der Waals surface area contributed by atoms with Crippen molar-refractivity contribution in [1.29, 1.82) is 0 Å². The van der Waals surface area contributed by atoms with Crippen LogP contribution >= 0.6 is 0 Å². The van der Waals surface area contributed by atoms with Crippen LogP contribution in [0.4, 0.5) is 11.5 Å². The standard InChI is InChI=1S/C28H31N5O3S/c1-20-12-14-22(15-13-20)37(34,35)33-18-16-32(17-19-33)21(2)27-29-24-9-5-4-8-23(24)28(31-27)30-25-10-6-7-11-26(25)36-3/h4-15,21H,16-19H2,1-3H3,(H,29,30,31)/t21-/m0/s1. The summed E-state index contributed by atoms with van der Waals surface area (Å²) in [6.45, 7) is 6.04. The first-order valence-electron chi connectivity index (χ1n) is 12.3. The summed E-state index contributed by atoms with van der Waals surface area (Å²) in [5.41, 5.74) is 2.70. The fraction of sp³-hybridized carbons (Fsp3) is 0.286.